The fraction of sp³-hybridized carbons (Fsp3) is 0.600. The van der Waals surface area contributed by atoms with Crippen molar-refractivity contribution in [1.82, 2.24) is 0 Å². The first kappa shape index (κ1) is 13.2. The fourth-order valence-electron chi connectivity index (χ4n) is 2.23. The van der Waals surface area contributed by atoms with E-state index in [2.05, 4.69) is 53.7 Å². The lowest BCUT2D eigenvalue weighted by Crippen LogP contribution is -2.40. The minimum absolute atomic E-state index is 0.225. The number of benzene rings is 1. The van der Waals surface area contributed by atoms with Gasteiger partial charge in [0.05, 0.1) is 0 Å². The Hall–Kier alpha value is -0.820. The Balaban J connectivity index is 3.27. The van der Waals surface area contributed by atoms with Gasteiger partial charge in [-0.05, 0) is 55.9 Å². The molecule has 0 aromatic heterocycles. The van der Waals surface area contributed by atoms with Crippen molar-refractivity contribution >= 4 is 0 Å². The van der Waals surface area contributed by atoms with Crippen LogP contribution in [-0.4, -0.2) is 0 Å². The van der Waals surface area contributed by atoms with Crippen molar-refractivity contribution in [1.29, 1.82) is 0 Å². The van der Waals surface area contributed by atoms with Crippen molar-refractivity contribution in [3.8, 4) is 0 Å². The highest BCUT2D eigenvalue weighted by atomic mass is 14.7. The molecule has 0 aliphatic heterocycles. The number of hydrogen-bond donors (Lipinski definition) is 1. The molecule has 0 saturated heterocycles. The van der Waals surface area contributed by atoms with Crippen LogP contribution < -0.4 is 5.73 Å². The first-order valence-electron chi connectivity index (χ1n) is 6.17. The lowest BCUT2D eigenvalue weighted by molar-refractivity contribution is 0.314. The molecule has 2 atom stereocenters. The molecule has 2 N–H and O–H groups in total. The van der Waals surface area contributed by atoms with Gasteiger partial charge in [0.1, 0.15) is 0 Å². The van der Waals surface area contributed by atoms with E-state index >= 15 is 0 Å². The van der Waals surface area contributed by atoms with Crippen LogP contribution >= 0.6 is 0 Å². The van der Waals surface area contributed by atoms with Gasteiger partial charge in [-0.3, -0.25) is 0 Å². The zero-order valence-corrected chi connectivity index (χ0v) is 11.5. The lowest BCUT2D eigenvalue weighted by Gasteiger charge is -2.33. The molecule has 16 heavy (non-hydrogen) atoms. The highest BCUT2D eigenvalue weighted by Gasteiger charge is 2.28. The second-order valence-electron chi connectivity index (χ2n) is 5.34. The van der Waals surface area contributed by atoms with Crippen LogP contribution in [0.1, 0.15) is 49.4 Å². The maximum absolute atomic E-state index is 6.51. The van der Waals surface area contributed by atoms with Gasteiger partial charge in [0.15, 0.2) is 0 Å². The Morgan fingerprint density at radius 3 is 2.12 bits per heavy atom. The van der Waals surface area contributed by atoms with Gasteiger partial charge in [0.25, 0.3) is 0 Å². The van der Waals surface area contributed by atoms with Gasteiger partial charge in [-0.2, -0.15) is 0 Å². The third-order valence-electron chi connectivity index (χ3n) is 4.06. The molecule has 1 aromatic carbocycles. The number of aryl methyl sites for hydroxylation is 3. The molecule has 0 bridgehead atoms. The van der Waals surface area contributed by atoms with Crippen LogP contribution in [0.25, 0.3) is 0 Å². The summed E-state index contributed by atoms with van der Waals surface area (Å²) in [7, 11) is 0. The summed E-state index contributed by atoms with van der Waals surface area (Å²) in [5.41, 5.74) is 11.6. The minimum atomic E-state index is -0.225. The van der Waals surface area contributed by atoms with E-state index < -0.39 is 0 Å². The minimum Gasteiger partial charge on any atom is -0.321 e. The van der Waals surface area contributed by atoms with Crippen LogP contribution in [0.3, 0.4) is 0 Å². The molecule has 0 saturated carbocycles. The quantitative estimate of drug-likeness (QED) is 0.821. The van der Waals surface area contributed by atoms with Crippen molar-refractivity contribution in [3.05, 3.63) is 34.4 Å². The molecule has 2 unspecified atom stereocenters. The van der Waals surface area contributed by atoms with Crippen LogP contribution in [0.15, 0.2) is 12.1 Å². The van der Waals surface area contributed by atoms with Gasteiger partial charge in [0.2, 0.25) is 0 Å². The fourth-order valence-corrected chi connectivity index (χ4v) is 2.23. The summed E-state index contributed by atoms with van der Waals surface area (Å²) >= 11 is 0. The van der Waals surface area contributed by atoms with Crippen molar-refractivity contribution in [3.63, 3.8) is 0 Å². The second kappa shape index (κ2) is 4.58. The van der Waals surface area contributed by atoms with Crippen LogP contribution in [0.4, 0.5) is 0 Å². The monoisotopic (exact) mass is 219 g/mol. The van der Waals surface area contributed by atoms with Crippen LogP contribution in [0, 0.1) is 26.7 Å². The summed E-state index contributed by atoms with van der Waals surface area (Å²) in [6.07, 6.45) is 1.11. The maximum atomic E-state index is 6.51. The smallest absolute Gasteiger partial charge is 0.0409 e. The molecule has 1 aromatic rings. The summed E-state index contributed by atoms with van der Waals surface area (Å²) in [4.78, 5) is 0. The molecule has 0 aliphatic carbocycles. The lowest BCUT2D eigenvalue weighted by atomic mass is 9.77. The van der Waals surface area contributed by atoms with Crippen LogP contribution in [0.2, 0.25) is 0 Å². The molecular formula is C15H25N. The Kier molecular flexibility index (Phi) is 3.80. The third kappa shape index (κ3) is 2.30. The van der Waals surface area contributed by atoms with Crippen molar-refractivity contribution in [2.45, 2.75) is 53.5 Å². The van der Waals surface area contributed by atoms with Crippen LogP contribution in [0.5, 0.6) is 0 Å². The Bertz CT molecular complexity index is 377. The molecule has 1 nitrogen and oxygen atoms in total. The zero-order valence-electron chi connectivity index (χ0n) is 11.5. The maximum Gasteiger partial charge on any atom is 0.0409 e. The molecule has 90 valence electrons. The summed E-state index contributed by atoms with van der Waals surface area (Å²) in [6.45, 7) is 13.1. The summed E-state index contributed by atoms with van der Waals surface area (Å²) in [6, 6.07) is 4.51. The molecule has 1 heteroatoms. The standard InChI is InChI=1S/C15H25N/c1-7-13(5)15(6,16)14-9-11(3)10(2)8-12(14)4/h8-9,13H,7,16H2,1-6H3. The zero-order chi connectivity index (χ0) is 12.5. The van der Waals surface area contributed by atoms with E-state index in [1.54, 1.807) is 0 Å². The summed E-state index contributed by atoms with van der Waals surface area (Å²) in [5, 5.41) is 0. The molecule has 0 radical (unpaired) electrons. The average molecular weight is 219 g/mol. The predicted octanol–water partition coefficient (Wildman–Crippen LogP) is 3.83. The third-order valence-corrected chi connectivity index (χ3v) is 4.06. The van der Waals surface area contributed by atoms with Gasteiger partial charge in [0, 0.05) is 5.54 Å². The van der Waals surface area contributed by atoms with Gasteiger partial charge in [-0.25, -0.2) is 0 Å². The predicted molar refractivity (Wildman–Crippen MR) is 71.6 cm³/mol. The highest BCUT2D eigenvalue weighted by molar-refractivity contribution is 5.40. The van der Waals surface area contributed by atoms with E-state index in [1.165, 1.54) is 22.3 Å². The number of hydrogen-bond acceptors (Lipinski definition) is 1. The molecular weight excluding hydrogens is 194 g/mol. The Labute approximate surface area is 100 Å². The highest BCUT2D eigenvalue weighted by Crippen LogP contribution is 2.32. The molecule has 0 spiro atoms. The van der Waals surface area contributed by atoms with E-state index in [-0.39, 0.29) is 5.54 Å². The van der Waals surface area contributed by atoms with E-state index in [0.717, 1.165) is 6.42 Å². The molecule has 0 aliphatic rings. The Morgan fingerprint density at radius 2 is 1.62 bits per heavy atom. The molecule has 1 rings (SSSR count). The van der Waals surface area contributed by atoms with Crippen molar-refractivity contribution in [2.24, 2.45) is 11.7 Å². The van der Waals surface area contributed by atoms with Crippen LogP contribution in [-0.2, 0) is 5.54 Å². The van der Waals surface area contributed by atoms with Gasteiger partial charge in [-0.1, -0.05) is 32.4 Å². The summed E-state index contributed by atoms with van der Waals surface area (Å²) < 4.78 is 0. The normalized spacial score (nSPS) is 16.9. The molecule has 0 fully saturated rings. The van der Waals surface area contributed by atoms with E-state index in [1.807, 2.05) is 0 Å². The summed E-state index contributed by atoms with van der Waals surface area (Å²) in [5.74, 6) is 0.494. The van der Waals surface area contributed by atoms with Crippen molar-refractivity contribution < 1.29 is 0 Å². The van der Waals surface area contributed by atoms with E-state index in [0.29, 0.717) is 5.92 Å². The van der Waals surface area contributed by atoms with E-state index in [4.69, 9.17) is 5.73 Å². The molecule has 0 heterocycles. The van der Waals surface area contributed by atoms with Crippen molar-refractivity contribution in [2.75, 3.05) is 0 Å². The number of rotatable bonds is 3. The SMILES string of the molecule is CCC(C)C(C)(N)c1cc(C)c(C)cc1C. The topological polar surface area (TPSA) is 26.0 Å². The van der Waals surface area contributed by atoms with Gasteiger partial charge in [-0.15, -0.1) is 0 Å². The largest absolute Gasteiger partial charge is 0.321 e. The Morgan fingerprint density at radius 1 is 1.12 bits per heavy atom. The van der Waals surface area contributed by atoms with E-state index in [9.17, 15) is 0 Å². The average Bonchev–Trinajstić information content (AvgIpc) is 2.21. The first-order valence-corrected chi connectivity index (χ1v) is 6.17. The molecule has 0 amide bonds. The second-order valence-corrected chi connectivity index (χ2v) is 5.34. The van der Waals surface area contributed by atoms with Gasteiger partial charge >= 0.3 is 0 Å². The van der Waals surface area contributed by atoms with Gasteiger partial charge < -0.3 is 5.73 Å². The first-order chi connectivity index (χ1) is 7.30. The number of nitrogens with two attached hydrogens (primary N) is 1.